The lowest BCUT2D eigenvalue weighted by Gasteiger charge is -2.37. The summed E-state index contributed by atoms with van der Waals surface area (Å²) in [6, 6.07) is 2.12. The Morgan fingerprint density at radius 2 is 1.80 bits per heavy atom. The predicted molar refractivity (Wildman–Crippen MR) is 176 cm³/mol. The third-order valence-corrected chi connectivity index (χ3v) is 10.4. The Hall–Kier alpha value is -4.77. The van der Waals surface area contributed by atoms with E-state index in [1.165, 1.54) is 20.5 Å². The molecule has 1 aliphatic carbocycles. The largest absolute Gasteiger partial charge is 0.384 e. The lowest BCUT2D eigenvalue weighted by atomic mass is 9.84. The summed E-state index contributed by atoms with van der Waals surface area (Å²) in [6.07, 6.45) is 6.99. The normalized spacial score (nSPS) is 21.9. The maximum Gasteiger partial charge on any atom is 0.287 e. The molecule has 17 heteroatoms. The van der Waals surface area contributed by atoms with E-state index in [4.69, 9.17) is 16.2 Å². The van der Waals surface area contributed by atoms with Crippen molar-refractivity contribution in [1.29, 1.82) is 0 Å². The fraction of sp³-hybridized carbons (Fsp3) is 0.606. The lowest BCUT2D eigenvalue weighted by Crippen LogP contribution is -2.63. The maximum atomic E-state index is 15.0. The van der Waals surface area contributed by atoms with Crippen molar-refractivity contribution in [2.75, 3.05) is 19.8 Å². The van der Waals surface area contributed by atoms with Crippen LogP contribution in [0, 0.1) is 5.92 Å². The third-order valence-electron chi connectivity index (χ3n) is 10.4. The van der Waals surface area contributed by atoms with E-state index in [0.29, 0.717) is 23.1 Å². The molecule has 3 aromatic rings. The van der Waals surface area contributed by atoms with E-state index in [9.17, 15) is 24.3 Å². The minimum atomic E-state index is -1.59. The van der Waals surface area contributed by atoms with E-state index in [0.717, 1.165) is 32.1 Å². The number of amides is 4. The zero-order chi connectivity index (χ0) is 35.8. The predicted octanol–water partition coefficient (Wildman–Crippen LogP) is 0.423. The highest BCUT2D eigenvalue weighted by Gasteiger charge is 2.49. The van der Waals surface area contributed by atoms with Crippen LogP contribution in [0.1, 0.15) is 99.8 Å². The number of nitrogens with two attached hydrogens (primary N) is 2. The van der Waals surface area contributed by atoms with E-state index in [-0.39, 0.29) is 50.5 Å². The first-order chi connectivity index (χ1) is 23.8. The summed E-state index contributed by atoms with van der Waals surface area (Å²) < 4.78 is 8.46. The fourth-order valence-corrected chi connectivity index (χ4v) is 7.67. The van der Waals surface area contributed by atoms with Crippen molar-refractivity contribution in [3.63, 3.8) is 0 Å². The number of nitrogens with zero attached hydrogens (tertiary/aromatic N) is 7. The minimum absolute atomic E-state index is 0.0174. The molecule has 3 atom stereocenters. The van der Waals surface area contributed by atoms with Gasteiger partial charge in [0.25, 0.3) is 5.91 Å². The summed E-state index contributed by atoms with van der Waals surface area (Å²) in [5.74, 6) is -3.62. The van der Waals surface area contributed by atoms with Crippen LogP contribution < -0.4 is 16.8 Å². The van der Waals surface area contributed by atoms with E-state index < -0.39 is 58.7 Å². The molecule has 2 aromatic heterocycles. The molecule has 3 fully saturated rings. The lowest BCUT2D eigenvalue weighted by molar-refractivity contribution is -0.147. The number of benzene rings is 1. The number of carbonyl (C=O) groups is 5. The monoisotopic (exact) mass is 692 g/mol. The highest BCUT2D eigenvalue weighted by molar-refractivity contribution is 6.39. The van der Waals surface area contributed by atoms with Gasteiger partial charge in [-0.05, 0) is 44.4 Å². The van der Waals surface area contributed by atoms with Crippen LogP contribution in [0.5, 0.6) is 0 Å². The van der Waals surface area contributed by atoms with Crippen molar-refractivity contribution >= 4 is 40.4 Å². The van der Waals surface area contributed by atoms with Crippen LogP contribution in [0.3, 0.4) is 0 Å². The fourth-order valence-electron chi connectivity index (χ4n) is 7.67. The standard InChI is InChI=1S/C33H44N10O7/c1-32(2,49)26-17-36-39-42(26)21-16-24(30(47)37-33(27(44)29(35)46)10-12-50-13-11-33)41(18-21)31(48)25(14-19-6-4-3-5-7-19)43-23-15-20(28(34)45)8-9-22(23)38-40-43/h8-9,15,17,19,21,24-25,49H,3-7,10-14,16,18H2,1-2H3,(H2,34,45)(H2,35,46)(H,37,47)/t21-,24-,25+/m0/s1. The van der Waals surface area contributed by atoms with E-state index in [1.54, 1.807) is 32.0 Å². The Kier molecular flexibility index (Phi) is 9.72. The van der Waals surface area contributed by atoms with Gasteiger partial charge in [0.1, 0.15) is 28.7 Å². The molecule has 0 spiro atoms. The van der Waals surface area contributed by atoms with Gasteiger partial charge in [-0.3, -0.25) is 24.0 Å². The molecule has 2 saturated heterocycles. The molecule has 0 bridgehead atoms. The average molecular weight is 693 g/mol. The Labute approximate surface area is 288 Å². The second-order valence-electron chi connectivity index (χ2n) is 14.3. The van der Waals surface area contributed by atoms with E-state index in [1.807, 2.05) is 0 Å². The second kappa shape index (κ2) is 13.9. The molecule has 0 radical (unpaired) electrons. The number of primary amides is 2. The molecule has 4 heterocycles. The van der Waals surface area contributed by atoms with Gasteiger partial charge in [-0.2, -0.15) is 0 Å². The van der Waals surface area contributed by atoms with Crippen LogP contribution in [0.4, 0.5) is 0 Å². The SMILES string of the molecule is CC(C)(O)c1cnnn1[C@H]1C[C@@H](C(=O)NC2(C(=O)C(N)=O)CCOCC2)N(C(=O)[C@@H](CC2CCCCC2)n2nnc3ccc(C(N)=O)cc32)C1. The molecule has 3 aliphatic rings. The van der Waals surface area contributed by atoms with Crippen LogP contribution in [0.15, 0.2) is 24.4 Å². The summed E-state index contributed by atoms with van der Waals surface area (Å²) in [5, 5.41) is 30.6. The van der Waals surface area contributed by atoms with Gasteiger partial charge in [0.05, 0.1) is 23.4 Å². The summed E-state index contributed by atoms with van der Waals surface area (Å²) in [4.78, 5) is 68.2. The summed E-state index contributed by atoms with van der Waals surface area (Å²) >= 11 is 0. The number of aromatic nitrogens is 6. The summed E-state index contributed by atoms with van der Waals surface area (Å²) in [5.41, 5.74) is 9.63. The molecule has 268 valence electrons. The molecule has 1 saturated carbocycles. The topological polar surface area (TPSA) is 244 Å². The number of hydrogen-bond donors (Lipinski definition) is 4. The van der Waals surface area contributed by atoms with Crippen molar-refractivity contribution in [3.8, 4) is 0 Å². The third kappa shape index (κ3) is 6.83. The number of nitrogens with one attached hydrogen (secondary N) is 1. The number of rotatable bonds is 11. The summed E-state index contributed by atoms with van der Waals surface area (Å²) in [7, 11) is 0. The number of hydrogen-bond acceptors (Lipinski definition) is 11. The average Bonchev–Trinajstić information content (AvgIpc) is 3.85. The molecule has 0 unspecified atom stereocenters. The first kappa shape index (κ1) is 35.1. The number of fused-ring (bicyclic) bond motifs is 1. The van der Waals surface area contributed by atoms with Crippen molar-refractivity contribution < 1.29 is 33.8 Å². The summed E-state index contributed by atoms with van der Waals surface area (Å²) in [6.45, 7) is 3.44. The quantitative estimate of drug-likeness (QED) is 0.201. The first-order valence-corrected chi connectivity index (χ1v) is 17.1. The van der Waals surface area contributed by atoms with Crippen molar-refractivity contribution in [3.05, 3.63) is 35.7 Å². The van der Waals surface area contributed by atoms with Crippen LogP contribution in [0.2, 0.25) is 0 Å². The Bertz CT molecular complexity index is 1780. The molecule has 2 aliphatic heterocycles. The van der Waals surface area contributed by atoms with Gasteiger partial charge in [0.2, 0.25) is 23.5 Å². The number of Topliss-reactive ketones (excluding diaryl/α,β-unsaturated/α-hetero) is 1. The molecule has 4 amide bonds. The highest BCUT2D eigenvalue weighted by Crippen LogP contribution is 2.37. The van der Waals surface area contributed by atoms with Crippen molar-refractivity contribution in [1.82, 2.24) is 40.2 Å². The van der Waals surface area contributed by atoms with E-state index in [2.05, 4.69) is 25.9 Å². The Morgan fingerprint density at radius 3 is 2.46 bits per heavy atom. The van der Waals surface area contributed by atoms with Crippen molar-refractivity contribution in [2.24, 2.45) is 17.4 Å². The highest BCUT2D eigenvalue weighted by atomic mass is 16.5. The van der Waals surface area contributed by atoms with Crippen LogP contribution in [-0.4, -0.2) is 101 Å². The van der Waals surface area contributed by atoms with Gasteiger partial charge >= 0.3 is 0 Å². The van der Waals surface area contributed by atoms with Gasteiger partial charge in [0, 0.05) is 44.6 Å². The molecular weight excluding hydrogens is 648 g/mol. The number of carbonyl (C=O) groups excluding carboxylic acids is 5. The minimum Gasteiger partial charge on any atom is -0.384 e. The Morgan fingerprint density at radius 1 is 1.08 bits per heavy atom. The molecule has 6 rings (SSSR count). The smallest absolute Gasteiger partial charge is 0.287 e. The van der Waals surface area contributed by atoms with Gasteiger partial charge < -0.3 is 31.5 Å². The van der Waals surface area contributed by atoms with Crippen molar-refractivity contribution in [2.45, 2.75) is 101 Å². The van der Waals surface area contributed by atoms with Gasteiger partial charge in [-0.15, -0.1) is 10.2 Å². The van der Waals surface area contributed by atoms with Crippen LogP contribution in [0.25, 0.3) is 11.0 Å². The molecule has 50 heavy (non-hydrogen) atoms. The molecule has 1 aromatic carbocycles. The van der Waals surface area contributed by atoms with Gasteiger partial charge in [-0.1, -0.05) is 42.5 Å². The molecular formula is C33H44N10O7. The van der Waals surface area contributed by atoms with Crippen LogP contribution >= 0.6 is 0 Å². The first-order valence-electron chi connectivity index (χ1n) is 17.1. The number of likely N-dealkylation sites (tertiary alicyclic amines) is 1. The number of ether oxygens (including phenoxy) is 1. The zero-order valence-corrected chi connectivity index (χ0v) is 28.3. The molecule has 6 N–H and O–H groups in total. The Balaban J connectivity index is 1.41. The van der Waals surface area contributed by atoms with E-state index >= 15 is 4.79 Å². The van der Waals surface area contributed by atoms with Gasteiger partial charge in [0.15, 0.2) is 0 Å². The maximum absolute atomic E-state index is 15.0. The second-order valence-corrected chi connectivity index (χ2v) is 14.3. The number of aliphatic hydroxyl groups is 1. The number of ketones is 1. The van der Waals surface area contributed by atoms with Gasteiger partial charge in [-0.25, -0.2) is 9.36 Å². The zero-order valence-electron chi connectivity index (χ0n) is 28.3. The van der Waals surface area contributed by atoms with Crippen LogP contribution in [-0.2, 0) is 29.5 Å². The molecule has 17 nitrogen and oxygen atoms in total.